The molecule has 116 valence electrons. The minimum atomic E-state index is -3.46. The highest BCUT2D eigenvalue weighted by Gasteiger charge is 2.37. The fourth-order valence-electron chi connectivity index (χ4n) is 3.34. The molecule has 7 heteroatoms. The van der Waals surface area contributed by atoms with Crippen molar-refractivity contribution in [1.82, 2.24) is 8.61 Å². The summed E-state index contributed by atoms with van der Waals surface area (Å²) in [6, 6.07) is 0. The van der Waals surface area contributed by atoms with Gasteiger partial charge in [-0.05, 0) is 31.1 Å². The minimum absolute atomic E-state index is 0.233. The molecular formula is C13H25N3O3S. The monoisotopic (exact) mass is 303 g/mol. The molecule has 6 nitrogen and oxygen atoms in total. The van der Waals surface area contributed by atoms with Crippen LogP contribution in [0.2, 0.25) is 0 Å². The van der Waals surface area contributed by atoms with E-state index in [1.807, 2.05) is 0 Å². The molecule has 2 N–H and O–H groups in total. The third-order valence-corrected chi connectivity index (χ3v) is 6.21. The first-order valence-electron chi connectivity index (χ1n) is 7.35. The predicted octanol–water partition coefficient (Wildman–Crippen LogP) is 0.406. The van der Waals surface area contributed by atoms with Gasteiger partial charge in [-0.15, -0.1) is 0 Å². The lowest BCUT2D eigenvalue weighted by Crippen LogP contribution is -2.53. The fraction of sp³-hybridized carbons (Fsp3) is 0.923. The summed E-state index contributed by atoms with van der Waals surface area (Å²) < 4.78 is 28.4. The van der Waals surface area contributed by atoms with Crippen LogP contribution >= 0.6 is 0 Å². The molecule has 0 spiro atoms. The number of nitrogens with two attached hydrogens (primary N) is 1. The highest BCUT2D eigenvalue weighted by molar-refractivity contribution is 7.86. The van der Waals surface area contributed by atoms with Gasteiger partial charge in [0.2, 0.25) is 5.91 Å². The summed E-state index contributed by atoms with van der Waals surface area (Å²) in [5.41, 5.74) is 5.32. The Kier molecular flexibility index (Phi) is 4.71. The van der Waals surface area contributed by atoms with Gasteiger partial charge in [-0.25, -0.2) is 0 Å². The van der Waals surface area contributed by atoms with Gasteiger partial charge < -0.3 is 5.73 Å². The van der Waals surface area contributed by atoms with Crippen molar-refractivity contribution in [2.24, 2.45) is 23.5 Å². The summed E-state index contributed by atoms with van der Waals surface area (Å²) in [6.45, 7) is 6.04. The van der Waals surface area contributed by atoms with Gasteiger partial charge in [0.05, 0.1) is 5.92 Å². The molecule has 2 heterocycles. The van der Waals surface area contributed by atoms with Crippen LogP contribution in [0.15, 0.2) is 0 Å². The Labute approximate surface area is 121 Å². The van der Waals surface area contributed by atoms with E-state index in [1.165, 1.54) is 4.31 Å². The van der Waals surface area contributed by atoms with E-state index in [4.69, 9.17) is 5.73 Å². The molecule has 1 amide bonds. The highest BCUT2D eigenvalue weighted by Crippen LogP contribution is 2.27. The van der Waals surface area contributed by atoms with Crippen molar-refractivity contribution in [3.63, 3.8) is 0 Å². The quantitative estimate of drug-likeness (QED) is 0.819. The van der Waals surface area contributed by atoms with E-state index in [0.717, 1.165) is 6.42 Å². The van der Waals surface area contributed by atoms with Crippen LogP contribution in [-0.2, 0) is 15.0 Å². The Hall–Kier alpha value is -0.660. The molecule has 0 saturated carbocycles. The maximum atomic E-state index is 12.7. The molecule has 2 aliphatic rings. The van der Waals surface area contributed by atoms with E-state index in [9.17, 15) is 13.2 Å². The number of primary amides is 1. The number of rotatable bonds is 3. The fourth-order valence-corrected chi connectivity index (χ4v) is 5.28. The summed E-state index contributed by atoms with van der Waals surface area (Å²) in [5.74, 6) is 0.0129. The lowest BCUT2D eigenvalue weighted by atomic mass is 9.94. The molecule has 0 radical (unpaired) electrons. The standard InChI is InChI=1S/C13H25N3O3S/c1-10-6-11(2)8-16(7-10)20(18,19)15-5-3-4-12(9-15)13(14)17/h10-12H,3-9H2,1-2H3,(H2,14,17). The molecule has 3 unspecified atom stereocenters. The second-order valence-electron chi connectivity index (χ2n) is 6.37. The van der Waals surface area contributed by atoms with Crippen LogP contribution in [0.25, 0.3) is 0 Å². The van der Waals surface area contributed by atoms with Crippen LogP contribution in [0.5, 0.6) is 0 Å². The molecule has 0 aromatic carbocycles. The Morgan fingerprint density at radius 1 is 1.10 bits per heavy atom. The summed E-state index contributed by atoms with van der Waals surface area (Å²) >= 11 is 0. The average Bonchev–Trinajstić information content (AvgIpc) is 2.37. The van der Waals surface area contributed by atoms with E-state index in [0.29, 0.717) is 44.3 Å². The summed E-state index contributed by atoms with van der Waals surface area (Å²) in [7, 11) is -3.46. The topological polar surface area (TPSA) is 83.7 Å². The molecule has 0 aromatic rings. The molecule has 0 bridgehead atoms. The van der Waals surface area contributed by atoms with Crippen molar-refractivity contribution in [3.8, 4) is 0 Å². The number of piperidine rings is 2. The van der Waals surface area contributed by atoms with Crippen molar-refractivity contribution in [1.29, 1.82) is 0 Å². The second-order valence-corrected chi connectivity index (χ2v) is 8.30. The third-order valence-electron chi connectivity index (χ3n) is 4.27. The number of carbonyl (C=O) groups is 1. The van der Waals surface area contributed by atoms with Gasteiger partial charge in [-0.1, -0.05) is 13.8 Å². The molecular weight excluding hydrogens is 278 g/mol. The molecule has 2 aliphatic heterocycles. The molecule has 0 aromatic heterocycles. The van der Waals surface area contributed by atoms with Gasteiger partial charge >= 0.3 is 0 Å². The van der Waals surface area contributed by atoms with Gasteiger partial charge in [0, 0.05) is 26.2 Å². The van der Waals surface area contributed by atoms with Crippen molar-refractivity contribution < 1.29 is 13.2 Å². The molecule has 2 saturated heterocycles. The second kappa shape index (κ2) is 5.99. The number of hydrogen-bond donors (Lipinski definition) is 1. The zero-order valence-electron chi connectivity index (χ0n) is 12.3. The third kappa shape index (κ3) is 3.32. The molecule has 20 heavy (non-hydrogen) atoms. The zero-order chi connectivity index (χ0) is 14.9. The summed E-state index contributed by atoms with van der Waals surface area (Å²) in [6.07, 6.45) is 2.45. The predicted molar refractivity (Wildman–Crippen MR) is 76.9 cm³/mol. The van der Waals surface area contributed by atoms with Crippen molar-refractivity contribution in [2.45, 2.75) is 33.1 Å². The van der Waals surface area contributed by atoms with Gasteiger partial charge in [-0.3, -0.25) is 4.79 Å². The van der Waals surface area contributed by atoms with Crippen LogP contribution in [-0.4, -0.2) is 49.1 Å². The summed E-state index contributed by atoms with van der Waals surface area (Å²) in [5, 5.41) is 0. The Morgan fingerprint density at radius 3 is 2.25 bits per heavy atom. The first-order valence-corrected chi connectivity index (χ1v) is 8.75. The number of nitrogens with zero attached hydrogens (tertiary/aromatic N) is 2. The van der Waals surface area contributed by atoms with Crippen LogP contribution in [0, 0.1) is 17.8 Å². The van der Waals surface area contributed by atoms with E-state index in [-0.39, 0.29) is 12.5 Å². The van der Waals surface area contributed by atoms with E-state index < -0.39 is 16.1 Å². The molecule has 2 rings (SSSR count). The Bertz CT molecular complexity index is 455. The average molecular weight is 303 g/mol. The largest absolute Gasteiger partial charge is 0.369 e. The van der Waals surface area contributed by atoms with Crippen LogP contribution in [0.3, 0.4) is 0 Å². The van der Waals surface area contributed by atoms with Crippen molar-refractivity contribution in [3.05, 3.63) is 0 Å². The SMILES string of the molecule is CC1CC(C)CN(S(=O)(=O)N2CCCC(C(N)=O)C2)C1. The lowest BCUT2D eigenvalue weighted by molar-refractivity contribution is -0.122. The Morgan fingerprint density at radius 2 is 1.70 bits per heavy atom. The normalized spacial score (nSPS) is 34.0. The van der Waals surface area contributed by atoms with E-state index >= 15 is 0 Å². The number of hydrogen-bond acceptors (Lipinski definition) is 3. The first-order chi connectivity index (χ1) is 9.30. The van der Waals surface area contributed by atoms with E-state index in [1.54, 1.807) is 4.31 Å². The Balaban J connectivity index is 2.11. The molecule has 3 atom stereocenters. The summed E-state index contributed by atoms with van der Waals surface area (Å²) in [4.78, 5) is 11.3. The smallest absolute Gasteiger partial charge is 0.282 e. The lowest BCUT2D eigenvalue weighted by Gasteiger charge is -2.39. The van der Waals surface area contributed by atoms with Gasteiger partial charge in [0.15, 0.2) is 0 Å². The zero-order valence-corrected chi connectivity index (χ0v) is 13.1. The number of amides is 1. The first kappa shape index (κ1) is 15.7. The van der Waals surface area contributed by atoms with Crippen molar-refractivity contribution >= 4 is 16.1 Å². The maximum absolute atomic E-state index is 12.7. The molecule has 2 fully saturated rings. The highest BCUT2D eigenvalue weighted by atomic mass is 32.2. The molecule has 0 aliphatic carbocycles. The van der Waals surface area contributed by atoms with Gasteiger partial charge in [-0.2, -0.15) is 17.0 Å². The van der Waals surface area contributed by atoms with Gasteiger partial charge in [0.25, 0.3) is 10.2 Å². The van der Waals surface area contributed by atoms with E-state index in [2.05, 4.69) is 13.8 Å². The maximum Gasteiger partial charge on any atom is 0.282 e. The van der Waals surface area contributed by atoms with Crippen LogP contribution in [0.4, 0.5) is 0 Å². The minimum Gasteiger partial charge on any atom is -0.369 e. The van der Waals surface area contributed by atoms with Crippen LogP contribution in [0.1, 0.15) is 33.1 Å². The number of carbonyl (C=O) groups excluding carboxylic acids is 1. The van der Waals surface area contributed by atoms with Crippen LogP contribution < -0.4 is 5.73 Å². The van der Waals surface area contributed by atoms with Crippen molar-refractivity contribution in [2.75, 3.05) is 26.2 Å². The van der Waals surface area contributed by atoms with Gasteiger partial charge in [0.1, 0.15) is 0 Å².